The second kappa shape index (κ2) is 4.04. The number of imidazole rings is 1. The first-order valence-electron chi connectivity index (χ1n) is 5.47. The van der Waals surface area contributed by atoms with Gasteiger partial charge < -0.3 is 9.30 Å². The molecule has 3 rings (SSSR count). The number of aromatic nitrogens is 2. The van der Waals surface area contributed by atoms with Crippen molar-refractivity contribution in [3.05, 3.63) is 53.6 Å². The standard InChI is InChI=1S/C13H11N3O/c14-5-10-1-3-11(4-2-10)13-8-17-7-12-6-15-9-16(12)13/h1-4,6,9,13H,7-8H2/t13-/m0/s1. The average Bonchev–Trinajstić information content (AvgIpc) is 2.87. The van der Waals surface area contributed by atoms with Crippen LogP contribution in [0.2, 0.25) is 0 Å². The van der Waals surface area contributed by atoms with Crippen LogP contribution in [0.1, 0.15) is 22.9 Å². The molecule has 2 aromatic rings. The predicted octanol–water partition coefficient (Wildman–Crippen LogP) is 1.87. The van der Waals surface area contributed by atoms with Gasteiger partial charge >= 0.3 is 0 Å². The molecule has 0 aliphatic carbocycles. The molecule has 0 unspecified atom stereocenters. The van der Waals surface area contributed by atoms with Crippen molar-refractivity contribution in [1.82, 2.24) is 9.55 Å². The molecule has 1 aromatic carbocycles. The second-order valence-electron chi connectivity index (χ2n) is 4.06. The fourth-order valence-corrected chi connectivity index (χ4v) is 2.12. The normalized spacial score (nSPS) is 18.4. The van der Waals surface area contributed by atoms with Gasteiger partial charge in [0, 0.05) is 0 Å². The number of hydrogen-bond donors (Lipinski definition) is 0. The van der Waals surface area contributed by atoms with Crippen molar-refractivity contribution in [3.8, 4) is 6.07 Å². The summed E-state index contributed by atoms with van der Waals surface area (Å²) in [5.74, 6) is 0. The summed E-state index contributed by atoms with van der Waals surface area (Å²) in [4.78, 5) is 4.14. The van der Waals surface area contributed by atoms with Crippen LogP contribution >= 0.6 is 0 Å². The molecule has 0 saturated carbocycles. The molecule has 0 amide bonds. The van der Waals surface area contributed by atoms with Crippen molar-refractivity contribution < 1.29 is 4.74 Å². The van der Waals surface area contributed by atoms with E-state index in [0.717, 1.165) is 11.3 Å². The first kappa shape index (κ1) is 10.1. The molecule has 1 aliphatic heterocycles. The van der Waals surface area contributed by atoms with Gasteiger partial charge in [0.1, 0.15) is 0 Å². The molecule has 0 spiro atoms. The lowest BCUT2D eigenvalue weighted by Crippen LogP contribution is -2.23. The largest absolute Gasteiger partial charge is 0.373 e. The molecular formula is C13H11N3O. The summed E-state index contributed by atoms with van der Waals surface area (Å²) in [6, 6.07) is 9.90. The van der Waals surface area contributed by atoms with Gasteiger partial charge in [0.25, 0.3) is 0 Å². The Kier molecular flexibility index (Phi) is 2.39. The summed E-state index contributed by atoms with van der Waals surface area (Å²) in [6.45, 7) is 1.27. The highest BCUT2D eigenvalue weighted by Gasteiger charge is 2.21. The number of benzene rings is 1. The summed E-state index contributed by atoms with van der Waals surface area (Å²) in [5.41, 5.74) is 2.91. The molecule has 0 saturated heterocycles. The van der Waals surface area contributed by atoms with Crippen LogP contribution < -0.4 is 0 Å². The minimum Gasteiger partial charge on any atom is -0.373 e. The third kappa shape index (κ3) is 1.71. The Bertz CT molecular complexity index is 565. The van der Waals surface area contributed by atoms with Crippen LogP contribution in [-0.4, -0.2) is 16.2 Å². The van der Waals surface area contributed by atoms with Gasteiger partial charge in [-0.15, -0.1) is 0 Å². The van der Waals surface area contributed by atoms with E-state index in [1.54, 1.807) is 0 Å². The summed E-state index contributed by atoms with van der Waals surface area (Å²) in [6.07, 6.45) is 3.66. The lowest BCUT2D eigenvalue weighted by Gasteiger charge is -2.26. The molecule has 0 N–H and O–H groups in total. The van der Waals surface area contributed by atoms with Crippen molar-refractivity contribution >= 4 is 0 Å². The van der Waals surface area contributed by atoms with Crippen LogP contribution in [0.15, 0.2) is 36.8 Å². The summed E-state index contributed by atoms with van der Waals surface area (Å²) < 4.78 is 7.68. The zero-order valence-corrected chi connectivity index (χ0v) is 9.21. The molecule has 0 fully saturated rings. The lowest BCUT2D eigenvalue weighted by molar-refractivity contribution is 0.0695. The molecular weight excluding hydrogens is 214 g/mol. The van der Waals surface area contributed by atoms with Gasteiger partial charge in [-0.05, 0) is 17.7 Å². The van der Waals surface area contributed by atoms with E-state index >= 15 is 0 Å². The minimum atomic E-state index is 0.161. The van der Waals surface area contributed by atoms with Crippen LogP contribution in [0.5, 0.6) is 0 Å². The molecule has 0 bridgehead atoms. The van der Waals surface area contributed by atoms with E-state index in [0.29, 0.717) is 18.8 Å². The van der Waals surface area contributed by atoms with E-state index in [1.807, 2.05) is 36.8 Å². The van der Waals surface area contributed by atoms with Crippen LogP contribution in [0.25, 0.3) is 0 Å². The summed E-state index contributed by atoms with van der Waals surface area (Å²) >= 11 is 0. The molecule has 1 atom stereocenters. The summed E-state index contributed by atoms with van der Waals surface area (Å²) in [7, 11) is 0. The van der Waals surface area contributed by atoms with Crippen molar-refractivity contribution in [2.45, 2.75) is 12.6 Å². The molecule has 1 aliphatic rings. The van der Waals surface area contributed by atoms with Gasteiger partial charge in [-0.3, -0.25) is 0 Å². The highest BCUT2D eigenvalue weighted by atomic mass is 16.5. The maximum absolute atomic E-state index is 8.77. The number of rotatable bonds is 1. The Morgan fingerprint density at radius 2 is 2.18 bits per heavy atom. The molecule has 0 radical (unpaired) electrons. The average molecular weight is 225 g/mol. The van der Waals surface area contributed by atoms with Gasteiger partial charge in [-0.25, -0.2) is 4.98 Å². The fourth-order valence-electron chi connectivity index (χ4n) is 2.12. The van der Waals surface area contributed by atoms with Crippen molar-refractivity contribution in [2.24, 2.45) is 0 Å². The monoisotopic (exact) mass is 225 g/mol. The minimum absolute atomic E-state index is 0.161. The Labute approximate surface area is 99.1 Å². The first-order valence-corrected chi connectivity index (χ1v) is 5.47. The van der Waals surface area contributed by atoms with Gasteiger partial charge in [0.15, 0.2) is 0 Å². The molecule has 4 heteroatoms. The van der Waals surface area contributed by atoms with E-state index in [-0.39, 0.29) is 6.04 Å². The van der Waals surface area contributed by atoms with E-state index in [1.165, 1.54) is 0 Å². The van der Waals surface area contributed by atoms with Crippen LogP contribution in [0.3, 0.4) is 0 Å². The maximum Gasteiger partial charge on any atom is 0.0991 e. The molecule has 17 heavy (non-hydrogen) atoms. The number of hydrogen-bond acceptors (Lipinski definition) is 3. The van der Waals surface area contributed by atoms with Gasteiger partial charge in [-0.2, -0.15) is 5.26 Å². The smallest absolute Gasteiger partial charge is 0.0991 e. The van der Waals surface area contributed by atoms with Crippen LogP contribution in [0.4, 0.5) is 0 Å². The van der Waals surface area contributed by atoms with Gasteiger partial charge in [-0.1, -0.05) is 12.1 Å². The molecule has 1 aromatic heterocycles. The van der Waals surface area contributed by atoms with E-state index in [2.05, 4.69) is 15.6 Å². The van der Waals surface area contributed by atoms with Crippen LogP contribution in [-0.2, 0) is 11.3 Å². The molecule has 2 heterocycles. The quantitative estimate of drug-likeness (QED) is 0.744. The lowest BCUT2D eigenvalue weighted by atomic mass is 10.0. The summed E-state index contributed by atoms with van der Waals surface area (Å²) in [5, 5.41) is 8.77. The highest BCUT2D eigenvalue weighted by Crippen LogP contribution is 2.25. The van der Waals surface area contributed by atoms with Gasteiger partial charge in [0.05, 0.1) is 49.1 Å². The SMILES string of the molecule is N#Cc1ccc([C@@H]2COCc3cncn32)cc1. The Hall–Kier alpha value is -2.12. The van der Waals surface area contributed by atoms with Crippen LogP contribution in [0, 0.1) is 11.3 Å². The van der Waals surface area contributed by atoms with E-state index in [9.17, 15) is 0 Å². The number of ether oxygens (including phenoxy) is 1. The zero-order valence-electron chi connectivity index (χ0n) is 9.21. The fraction of sp³-hybridized carbons (Fsp3) is 0.231. The number of fused-ring (bicyclic) bond motifs is 1. The number of nitriles is 1. The van der Waals surface area contributed by atoms with Crippen molar-refractivity contribution in [3.63, 3.8) is 0 Å². The third-order valence-electron chi connectivity index (χ3n) is 3.03. The van der Waals surface area contributed by atoms with Gasteiger partial charge in [0.2, 0.25) is 0 Å². The highest BCUT2D eigenvalue weighted by molar-refractivity contribution is 5.33. The predicted molar refractivity (Wildman–Crippen MR) is 61.2 cm³/mol. The second-order valence-corrected chi connectivity index (χ2v) is 4.06. The Morgan fingerprint density at radius 1 is 1.35 bits per heavy atom. The third-order valence-corrected chi connectivity index (χ3v) is 3.03. The molecule has 84 valence electrons. The Balaban J connectivity index is 1.98. The zero-order chi connectivity index (χ0) is 11.7. The number of nitrogens with zero attached hydrogens (tertiary/aromatic N) is 3. The van der Waals surface area contributed by atoms with Crippen molar-refractivity contribution in [1.29, 1.82) is 5.26 Å². The maximum atomic E-state index is 8.77. The Morgan fingerprint density at radius 3 is 2.94 bits per heavy atom. The van der Waals surface area contributed by atoms with E-state index < -0.39 is 0 Å². The topological polar surface area (TPSA) is 50.8 Å². The molecule has 4 nitrogen and oxygen atoms in total. The van der Waals surface area contributed by atoms with Crippen molar-refractivity contribution in [2.75, 3.05) is 6.61 Å². The van der Waals surface area contributed by atoms with E-state index in [4.69, 9.17) is 10.00 Å². The first-order chi connectivity index (χ1) is 8.38.